The van der Waals surface area contributed by atoms with Crippen LogP contribution in [0.4, 0.5) is 0 Å². The summed E-state index contributed by atoms with van der Waals surface area (Å²) in [6.07, 6.45) is 1.48. The fourth-order valence-electron chi connectivity index (χ4n) is 2.16. The number of amides is 1. The van der Waals surface area contributed by atoms with E-state index in [1.54, 1.807) is 18.2 Å². The van der Waals surface area contributed by atoms with Gasteiger partial charge in [0.05, 0.1) is 23.9 Å². The number of hydrazone groups is 1. The first-order chi connectivity index (χ1) is 11.6. The molecule has 0 atom stereocenters. The number of nitrogens with zero attached hydrogens (tertiary/aromatic N) is 1. The molecular weight excluding hydrogens is 355 g/mol. The van der Waals surface area contributed by atoms with E-state index in [4.69, 9.17) is 37.4 Å². The maximum atomic E-state index is 12.2. The lowest BCUT2D eigenvalue weighted by Gasteiger charge is -2.09. The van der Waals surface area contributed by atoms with E-state index in [1.165, 1.54) is 25.5 Å². The van der Waals surface area contributed by atoms with Crippen LogP contribution in [0.3, 0.4) is 0 Å². The molecule has 1 N–H and O–H groups in total. The monoisotopic (exact) mass is 366 g/mol. The second kappa shape index (κ2) is 6.98. The molecule has 2 aromatic carbocycles. The van der Waals surface area contributed by atoms with Crippen molar-refractivity contribution in [3.8, 4) is 17.2 Å². The zero-order valence-electron chi connectivity index (χ0n) is 12.5. The Kier molecular flexibility index (Phi) is 4.78. The number of hydrogen-bond acceptors (Lipinski definition) is 5. The molecule has 0 fully saturated rings. The van der Waals surface area contributed by atoms with E-state index in [1.807, 2.05) is 0 Å². The molecule has 124 valence electrons. The van der Waals surface area contributed by atoms with Gasteiger partial charge in [0.15, 0.2) is 11.5 Å². The Labute approximate surface area is 147 Å². The highest BCUT2D eigenvalue weighted by Crippen LogP contribution is 2.33. The van der Waals surface area contributed by atoms with Gasteiger partial charge in [-0.3, -0.25) is 4.79 Å². The number of nitrogens with one attached hydrogen (secondary N) is 1. The van der Waals surface area contributed by atoms with Crippen molar-refractivity contribution in [1.82, 2.24) is 5.43 Å². The Hall–Kier alpha value is -2.44. The smallest absolute Gasteiger partial charge is 0.275 e. The molecule has 3 rings (SSSR count). The van der Waals surface area contributed by atoms with E-state index < -0.39 is 5.91 Å². The molecule has 1 heterocycles. The van der Waals surface area contributed by atoms with Gasteiger partial charge >= 0.3 is 0 Å². The van der Waals surface area contributed by atoms with Gasteiger partial charge in [-0.1, -0.05) is 23.2 Å². The van der Waals surface area contributed by atoms with E-state index in [2.05, 4.69) is 10.5 Å². The Balaban J connectivity index is 1.74. The van der Waals surface area contributed by atoms with Crippen LogP contribution >= 0.6 is 23.2 Å². The van der Waals surface area contributed by atoms with Gasteiger partial charge in [0, 0.05) is 5.02 Å². The van der Waals surface area contributed by atoms with Crippen molar-refractivity contribution in [1.29, 1.82) is 0 Å². The molecule has 8 heteroatoms. The first-order valence-electron chi connectivity index (χ1n) is 6.84. The third-order valence-electron chi connectivity index (χ3n) is 3.23. The third kappa shape index (κ3) is 3.39. The van der Waals surface area contributed by atoms with Gasteiger partial charge in [-0.05, 0) is 35.9 Å². The second-order valence-electron chi connectivity index (χ2n) is 4.78. The highest BCUT2D eigenvalue weighted by Gasteiger charge is 2.16. The van der Waals surface area contributed by atoms with Gasteiger partial charge in [0.25, 0.3) is 5.91 Å². The van der Waals surface area contributed by atoms with E-state index in [0.717, 1.165) is 5.56 Å². The van der Waals surface area contributed by atoms with Crippen LogP contribution in [-0.2, 0) is 0 Å². The Morgan fingerprint density at radius 2 is 2.04 bits per heavy atom. The summed E-state index contributed by atoms with van der Waals surface area (Å²) in [4.78, 5) is 12.2. The average molecular weight is 367 g/mol. The Bertz CT molecular complexity index is 824. The van der Waals surface area contributed by atoms with Crippen LogP contribution in [-0.4, -0.2) is 26.0 Å². The minimum Gasteiger partial charge on any atom is -0.494 e. The maximum absolute atomic E-state index is 12.2. The van der Waals surface area contributed by atoms with Gasteiger partial charge in [-0.15, -0.1) is 0 Å². The molecule has 0 saturated heterocycles. The summed E-state index contributed by atoms with van der Waals surface area (Å²) < 4.78 is 15.6. The lowest BCUT2D eigenvalue weighted by molar-refractivity contribution is 0.0952. The molecular formula is C16H12Cl2N2O4. The number of hydrogen-bond donors (Lipinski definition) is 1. The first kappa shape index (κ1) is 16.4. The van der Waals surface area contributed by atoms with Crippen molar-refractivity contribution in [3.05, 3.63) is 51.5 Å². The molecule has 1 aliphatic heterocycles. The number of benzene rings is 2. The molecule has 2 aromatic rings. The van der Waals surface area contributed by atoms with Crippen LogP contribution in [0.2, 0.25) is 10.0 Å². The van der Waals surface area contributed by atoms with E-state index >= 15 is 0 Å². The Morgan fingerprint density at radius 1 is 1.25 bits per heavy atom. The molecule has 1 aliphatic rings. The second-order valence-corrected chi connectivity index (χ2v) is 5.62. The fraction of sp³-hybridized carbons (Fsp3) is 0.125. The number of halogens is 2. The quantitative estimate of drug-likeness (QED) is 0.664. The largest absolute Gasteiger partial charge is 0.494 e. The van der Waals surface area contributed by atoms with Crippen LogP contribution in [0.1, 0.15) is 15.9 Å². The number of rotatable bonds is 4. The fourth-order valence-corrected chi connectivity index (χ4v) is 2.73. The van der Waals surface area contributed by atoms with Gasteiger partial charge in [-0.25, -0.2) is 5.43 Å². The zero-order valence-corrected chi connectivity index (χ0v) is 14.0. The molecule has 0 saturated carbocycles. The zero-order chi connectivity index (χ0) is 17.1. The van der Waals surface area contributed by atoms with Crippen molar-refractivity contribution < 1.29 is 19.0 Å². The minimum absolute atomic E-state index is 0.192. The summed E-state index contributed by atoms with van der Waals surface area (Å²) in [5, 5.41) is 4.49. The topological polar surface area (TPSA) is 69.2 Å². The molecule has 24 heavy (non-hydrogen) atoms. The highest BCUT2D eigenvalue weighted by atomic mass is 35.5. The van der Waals surface area contributed by atoms with Crippen molar-refractivity contribution in [2.45, 2.75) is 0 Å². The standard InChI is InChI=1S/C16H12Cl2N2O4/c1-22-15-11(5-10(17)6-12(15)18)16(21)20-19-7-9-2-3-13-14(4-9)24-8-23-13/h2-7H,8H2,1H3,(H,20,21). The summed E-state index contributed by atoms with van der Waals surface area (Å²) in [5.41, 5.74) is 3.34. The lowest BCUT2D eigenvalue weighted by atomic mass is 10.2. The molecule has 0 radical (unpaired) electrons. The summed E-state index contributed by atoms with van der Waals surface area (Å²) in [6.45, 7) is 0.196. The van der Waals surface area contributed by atoms with Crippen LogP contribution in [0.15, 0.2) is 35.4 Å². The third-order valence-corrected chi connectivity index (χ3v) is 3.73. The number of fused-ring (bicyclic) bond motifs is 1. The van der Waals surface area contributed by atoms with Gasteiger partial charge in [0.2, 0.25) is 6.79 Å². The predicted octanol–water partition coefficient (Wildman–Crippen LogP) is 3.49. The van der Waals surface area contributed by atoms with E-state index in [-0.39, 0.29) is 23.1 Å². The average Bonchev–Trinajstić information content (AvgIpc) is 3.01. The normalized spacial score (nSPS) is 12.5. The van der Waals surface area contributed by atoms with Crippen LogP contribution in [0, 0.1) is 0 Å². The van der Waals surface area contributed by atoms with Crippen molar-refractivity contribution in [2.24, 2.45) is 5.10 Å². The van der Waals surface area contributed by atoms with Crippen LogP contribution in [0.25, 0.3) is 0 Å². The number of methoxy groups -OCH3 is 1. The highest BCUT2D eigenvalue weighted by molar-refractivity contribution is 6.36. The molecule has 1 amide bonds. The number of carbonyl (C=O) groups excluding carboxylic acids is 1. The van der Waals surface area contributed by atoms with Gasteiger partial charge in [-0.2, -0.15) is 5.10 Å². The van der Waals surface area contributed by atoms with E-state index in [9.17, 15) is 4.79 Å². The Morgan fingerprint density at radius 3 is 2.83 bits per heavy atom. The SMILES string of the molecule is COc1c(Cl)cc(Cl)cc1C(=O)NN=Cc1ccc2c(c1)OCO2. The molecule has 0 bridgehead atoms. The summed E-state index contributed by atoms with van der Waals surface area (Å²) in [7, 11) is 1.42. The summed E-state index contributed by atoms with van der Waals surface area (Å²) in [5.74, 6) is 1.05. The predicted molar refractivity (Wildman–Crippen MR) is 90.6 cm³/mol. The molecule has 0 aliphatic carbocycles. The number of carbonyl (C=O) groups is 1. The lowest BCUT2D eigenvalue weighted by Crippen LogP contribution is -2.18. The summed E-state index contributed by atoms with van der Waals surface area (Å²) in [6, 6.07) is 8.27. The van der Waals surface area contributed by atoms with Gasteiger partial charge < -0.3 is 14.2 Å². The molecule has 0 unspecified atom stereocenters. The number of ether oxygens (including phenoxy) is 3. The maximum Gasteiger partial charge on any atom is 0.275 e. The van der Waals surface area contributed by atoms with Crippen molar-refractivity contribution in [2.75, 3.05) is 13.9 Å². The first-order valence-corrected chi connectivity index (χ1v) is 7.60. The van der Waals surface area contributed by atoms with Crippen LogP contribution < -0.4 is 19.6 Å². The van der Waals surface area contributed by atoms with Crippen molar-refractivity contribution >= 4 is 35.3 Å². The molecule has 0 spiro atoms. The van der Waals surface area contributed by atoms with Crippen LogP contribution in [0.5, 0.6) is 17.2 Å². The van der Waals surface area contributed by atoms with E-state index in [0.29, 0.717) is 16.5 Å². The summed E-state index contributed by atoms with van der Waals surface area (Å²) >= 11 is 11.9. The van der Waals surface area contributed by atoms with Gasteiger partial charge in [0.1, 0.15) is 5.75 Å². The molecule has 6 nitrogen and oxygen atoms in total. The minimum atomic E-state index is -0.492. The van der Waals surface area contributed by atoms with Crippen molar-refractivity contribution in [3.63, 3.8) is 0 Å². The molecule has 0 aromatic heterocycles.